The quantitative estimate of drug-likeness (QED) is 0.877. The number of carbonyl (C=O) groups excluding carboxylic acids is 1. The molecule has 0 radical (unpaired) electrons. The summed E-state index contributed by atoms with van der Waals surface area (Å²) >= 11 is 0. The van der Waals surface area contributed by atoms with Crippen molar-refractivity contribution >= 4 is 11.6 Å². The van der Waals surface area contributed by atoms with Crippen LogP contribution < -0.4 is 10.6 Å². The molecule has 19 heavy (non-hydrogen) atoms. The van der Waals surface area contributed by atoms with Gasteiger partial charge in [0.25, 0.3) is 0 Å². The summed E-state index contributed by atoms with van der Waals surface area (Å²) in [6, 6.07) is 6.79. The number of hydrogen-bond donors (Lipinski definition) is 2. The molecule has 0 bridgehead atoms. The highest BCUT2D eigenvalue weighted by Crippen LogP contribution is 2.32. The molecule has 2 atom stereocenters. The summed E-state index contributed by atoms with van der Waals surface area (Å²) in [5.74, 6) is 0.601. The van der Waals surface area contributed by atoms with E-state index in [9.17, 15) is 9.90 Å². The lowest BCUT2D eigenvalue weighted by Crippen LogP contribution is -2.40. The fraction of sp³-hybridized carbons (Fsp3) is 0.533. The highest BCUT2D eigenvalue weighted by atomic mass is 16.3. The molecule has 0 spiro atoms. The smallest absolute Gasteiger partial charge is 0.230 e. The predicted octanol–water partition coefficient (Wildman–Crippen LogP) is 2.12. The standard InChI is InChI=1S/C15H22N2O2/c1-17(12-6-4-7-13(18)9-12)15(19)14-8-3-2-5-11(14)10-16/h4,6-7,9,11,14,18H,2-3,5,8,10,16H2,1H3. The highest BCUT2D eigenvalue weighted by Gasteiger charge is 2.32. The van der Waals surface area contributed by atoms with Crippen LogP contribution in [0.5, 0.6) is 5.75 Å². The first kappa shape index (κ1) is 13.9. The second-order valence-corrected chi connectivity index (χ2v) is 5.30. The number of amides is 1. The van der Waals surface area contributed by atoms with E-state index in [-0.39, 0.29) is 17.6 Å². The molecule has 104 valence electrons. The number of rotatable bonds is 3. The van der Waals surface area contributed by atoms with Crippen LogP contribution in [0.25, 0.3) is 0 Å². The van der Waals surface area contributed by atoms with Gasteiger partial charge in [0, 0.05) is 24.7 Å². The first-order valence-electron chi connectivity index (χ1n) is 6.90. The van der Waals surface area contributed by atoms with E-state index in [0.29, 0.717) is 12.5 Å². The molecule has 1 aromatic carbocycles. The van der Waals surface area contributed by atoms with E-state index < -0.39 is 0 Å². The average molecular weight is 262 g/mol. The summed E-state index contributed by atoms with van der Waals surface area (Å²) in [4.78, 5) is 14.2. The maximum atomic E-state index is 12.6. The van der Waals surface area contributed by atoms with Crippen LogP contribution in [-0.2, 0) is 4.79 Å². The Morgan fingerprint density at radius 3 is 2.84 bits per heavy atom. The van der Waals surface area contributed by atoms with Crippen molar-refractivity contribution in [3.63, 3.8) is 0 Å². The van der Waals surface area contributed by atoms with E-state index in [1.165, 1.54) is 6.42 Å². The van der Waals surface area contributed by atoms with E-state index in [1.807, 2.05) is 6.07 Å². The van der Waals surface area contributed by atoms with E-state index in [0.717, 1.165) is 24.9 Å². The van der Waals surface area contributed by atoms with Gasteiger partial charge in [0.15, 0.2) is 0 Å². The number of carbonyl (C=O) groups is 1. The van der Waals surface area contributed by atoms with Gasteiger partial charge in [-0.2, -0.15) is 0 Å². The molecule has 1 aromatic rings. The number of benzene rings is 1. The van der Waals surface area contributed by atoms with Crippen LogP contribution in [0, 0.1) is 11.8 Å². The largest absolute Gasteiger partial charge is 0.508 e. The minimum Gasteiger partial charge on any atom is -0.508 e. The molecule has 0 aliphatic heterocycles. The van der Waals surface area contributed by atoms with Crippen LogP contribution in [0.3, 0.4) is 0 Å². The highest BCUT2D eigenvalue weighted by molar-refractivity contribution is 5.94. The summed E-state index contributed by atoms with van der Waals surface area (Å²) in [5, 5.41) is 9.49. The molecule has 0 saturated heterocycles. The molecule has 2 unspecified atom stereocenters. The zero-order valence-electron chi connectivity index (χ0n) is 11.4. The van der Waals surface area contributed by atoms with Crippen LogP contribution in [0.1, 0.15) is 25.7 Å². The SMILES string of the molecule is CN(C(=O)C1CCCCC1CN)c1cccc(O)c1. The normalized spacial score (nSPS) is 23.1. The van der Waals surface area contributed by atoms with E-state index in [4.69, 9.17) is 5.73 Å². The van der Waals surface area contributed by atoms with Gasteiger partial charge < -0.3 is 15.7 Å². The van der Waals surface area contributed by atoms with Crippen LogP contribution in [0.15, 0.2) is 24.3 Å². The third-order valence-corrected chi connectivity index (χ3v) is 4.08. The maximum absolute atomic E-state index is 12.6. The van der Waals surface area contributed by atoms with Crippen molar-refractivity contribution in [3.8, 4) is 5.75 Å². The Balaban J connectivity index is 2.13. The van der Waals surface area contributed by atoms with Crippen LogP contribution in [-0.4, -0.2) is 24.6 Å². The van der Waals surface area contributed by atoms with Gasteiger partial charge in [-0.25, -0.2) is 0 Å². The maximum Gasteiger partial charge on any atom is 0.230 e. The lowest BCUT2D eigenvalue weighted by molar-refractivity contribution is -0.124. The molecule has 0 aromatic heterocycles. The fourth-order valence-electron chi connectivity index (χ4n) is 2.89. The molecule has 4 nitrogen and oxygen atoms in total. The van der Waals surface area contributed by atoms with Gasteiger partial charge in [-0.15, -0.1) is 0 Å². The lowest BCUT2D eigenvalue weighted by atomic mass is 9.78. The van der Waals surface area contributed by atoms with Gasteiger partial charge in [0.2, 0.25) is 5.91 Å². The number of nitrogens with zero attached hydrogens (tertiary/aromatic N) is 1. The molecule has 3 N–H and O–H groups in total. The summed E-state index contributed by atoms with van der Waals surface area (Å²) in [5.41, 5.74) is 6.51. The monoisotopic (exact) mass is 262 g/mol. The summed E-state index contributed by atoms with van der Waals surface area (Å²) in [6.45, 7) is 0.574. The van der Waals surface area contributed by atoms with Gasteiger partial charge in [-0.3, -0.25) is 4.79 Å². The van der Waals surface area contributed by atoms with Crippen molar-refractivity contribution in [2.24, 2.45) is 17.6 Å². The first-order valence-corrected chi connectivity index (χ1v) is 6.90. The summed E-state index contributed by atoms with van der Waals surface area (Å²) in [7, 11) is 1.76. The third-order valence-electron chi connectivity index (χ3n) is 4.08. The average Bonchev–Trinajstić information content (AvgIpc) is 2.45. The van der Waals surface area contributed by atoms with Crippen molar-refractivity contribution in [2.45, 2.75) is 25.7 Å². The molecular weight excluding hydrogens is 240 g/mol. The van der Waals surface area contributed by atoms with Crippen molar-refractivity contribution in [1.82, 2.24) is 0 Å². The molecule has 1 aliphatic rings. The van der Waals surface area contributed by atoms with E-state index >= 15 is 0 Å². The molecule has 2 rings (SSSR count). The molecule has 1 amide bonds. The summed E-state index contributed by atoms with van der Waals surface area (Å²) < 4.78 is 0. The number of hydrogen-bond acceptors (Lipinski definition) is 3. The second-order valence-electron chi connectivity index (χ2n) is 5.30. The minimum absolute atomic E-state index is 0.0195. The number of aromatic hydroxyl groups is 1. The van der Waals surface area contributed by atoms with Crippen molar-refractivity contribution in [1.29, 1.82) is 0 Å². The molecular formula is C15H22N2O2. The van der Waals surface area contributed by atoms with Gasteiger partial charge in [-0.05, 0) is 37.4 Å². The zero-order valence-corrected chi connectivity index (χ0v) is 11.4. The van der Waals surface area contributed by atoms with E-state index in [2.05, 4.69) is 0 Å². The van der Waals surface area contributed by atoms with Crippen molar-refractivity contribution in [2.75, 3.05) is 18.5 Å². The minimum atomic E-state index is 0.0195. The number of nitrogens with two attached hydrogens (primary N) is 1. The Morgan fingerprint density at radius 1 is 1.42 bits per heavy atom. The number of anilines is 1. The molecule has 1 fully saturated rings. The molecule has 0 heterocycles. The second kappa shape index (κ2) is 6.06. The number of phenolic OH excluding ortho intramolecular Hbond substituents is 1. The topological polar surface area (TPSA) is 66.6 Å². The predicted molar refractivity (Wildman–Crippen MR) is 76.0 cm³/mol. The Labute approximate surface area is 114 Å². The molecule has 1 saturated carbocycles. The van der Waals surface area contributed by atoms with Crippen LogP contribution in [0.2, 0.25) is 0 Å². The Bertz CT molecular complexity index is 448. The van der Waals surface area contributed by atoms with Gasteiger partial charge in [0.05, 0.1) is 0 Å². The zero-order chi connectivity index (χ0) is 13.8. The van der Waals surface area contributed by atoms with Crippen molar-refractivity contribution in [3.05, 3.63) is 24.3 Å². The van der Waals surface area contributed by atoms with Crippen LogP contribution >= 0.6 is 0 Å². The lowest BCUT2D eigenvalue weighted by Gasteiger charge is -2.32. The molecule has 4 heteroatoms. The van der Waals surface area contributed by atoms with Gasteiger partial charge in [-0.1, -0.05) is 18.9 Å². The number of phenols is 1. The fourth-order valence-corrected chi connectivity index (χ4v) is 2.89. The summed E-state index contributed by atoms with van der Waals surface area (Å²) in [6.07, 6.45) is 4.23. The third kappa shape index (κ3) is 3.07. The van der Waals surface area contributed by atoms with Gasteiger partial charge >= 0.3 is 0 Å². The Morgan fingerprint density at radius 2 is 2.16 bits per heavy atom. The Kier molecular flexibility index (Phi) is 4.43. The van der Waals surface area contributed by atoms with E-state index in [1.54, 1.807) is 30.1 Å². The van der Waals surface area contributed by atoms with Crippen LogP contribution in [0.4, 0.5) is 5.69 Å². The van der Waals surface area contributed by atoms with Crippen molar-refractivity contribution < 1.29 is 9.90 Å². The Hall–Kier alpha value is -1.55. The first-order chi connectivity index (χ1) is 9.13. The molecule has 1 aliphatic carbocycles. The van der Waals surface area contributed by atoms with Gasteiger partial charge in [0.1, 0.15) is 5.75 Å².